The van der Waals surface area contributed by atoms with Gasteiger partial charge in [0.2, 0.25) is 0 Å². The number of rotatable bonds is 9. The third-order valence-electron chi connectivity index (χ3n) is 5.12. The fourth-order valence-corrected chi connectivity index (χ4v) is 8.51. The molecule has 0 radical (unpaired) electrons. The van der Waals surface area contributed by atoms with Gasteiger partial charge >= 0.3 is 8.72 Å². The molecule has 0 aromatic rings. The molecule has 0 spiro atoms. The first-order chi connectivity index (χ1) is 10.3. The normalized spacial score (nSPS) is 21.7. The van der Waals surface area contributed by atoms with Crippen molar-refractivity contribution in [3.05, 3.63) is 0 Å². The first kappa shape index (κ1) is 17.4. The topological polar surface area (TPSA) is 39.3 Å². The maximum atomic E-state index is 3.89. The van der Waals surface area contributed by atoms with E-state index in [4.69, 9.17) is 0 Å². The molecule has 2 aliphatic carbocycles. The second-order valence-electron chi connectivity index (χ2n) is 6.59. The predicted molar refractivity (Wildman–Crippen MR) is 93.1 cm³/mol. The van der Waals surface area contributed by atoms with E-state index in [2.05, 4.69) is 40.3 Å². The Kier molecular flexibility index (Phi) is 7.15. The summed E-state index contributed by atoms with van der Waals surface area (Å²) in [6.45, 7) is 9.88. The molecule has 0 amide bonds. The molecule has 0 heterocycles. The van der Waals surface area contributed by atoms with E-state index >= 15 is 0 Å². The molecule has 5 heteroatoms. The van der Waals surface area contributed by atoms with Gasteiger partial charge in [-0.1, -0.05) is 46.5 Å². The van der Waals surface area contributed by atoms with Crippen LogP contribution in [0.1, 0.15) is 72.1 Å². The first-order valence-corrected chi connectivity index (χ1v) is 11.3. The van der Waals surface area contributed by atoms with Crippen LogP contribution in [0.4, 0.5) is 0 Å². The fraction of sp³-hybridized carbons (Fsp3) is 1.00. The molecule has 3 N–H and O–H groups in total. The van der Waals surface area contributed by atoms with E-state index in [1.54, 1.807) is 0 Å². The number of hydrogen-bond donors (Lipinski definition) is 3. The average Bonchev–Trinajstić information content (AvgIpc) is 3.13. The minimum atomic E-state index is -1.97. The first-order valence-electron chi connectivity index (χ1n) is 9.30. The van der Waals surface area contributed by atoms with Crippen LogP contribution >= 0.6 is 0 Å². The Morgan fingerprint density at radius 1 is 0.714 bits per heavy atom. The lowest BCUT2D eigenvalue weighted by Gasteiger charge is -2.48. The van der Waals surface area contributed by atoms with Crippen LogP contribution in [0.25, 0.3) is 0 Å². The van der Waals surface area contributed by atoms with Crippen LogP contribution in [0.3, 0.4) is 0 Å². The largest absolute Gasteiger partial charge is 0.369 e. The third kappa shape index (κ3) is 4.08. The molecule has 124 valence electrons. The smallest absolute Gasteiger partial charge is 0.301 e. The number of nitrogens with one attached hydrogen (secondary N) is 3. The van der Waals surface area contributed by atoms with Gasteiger partial charge in [0.05, 0.1) is 0 Å². The van der Waals surface area contributed by atoms with E-state index in [1.165, 1.54) is 51.4 Å². The van der Waals surface area contributed by atoms with Crippen molar-refractivity contribution in [2.75, 3.05) is 19.6 Å². The van der Waals surface area contributed by atoms with E-state index in [1.807, 2.05) is 0 Å². The lowest BCUT2D eigenvalue weighted by Crippen LogP contribution is -2.84. The van der Waals surface area contributed by atoms with Crippen molar-refractivity contribution in [3.63, 3.8) is 0 Å². The van der Waals surface area contributed by atoms with Crippen molar-refractivity contribution in [1.82, 2.24) is 19.5 Å². The predicted octanol–water partition coefficient (Wildman–Crippen LogP) is 2.44. The molecule has 2 fully saturated rings. The van der Waals surface area contributed by atoms with E-state index in [0.29, 0.717) is 0 Å². The van der Waals surface area contributed by atoms with Crippen molar-refractivity contribution in [2.45, 2.75) is 84.2 Å². The van der Waals surface area contributed by atoms with Crippen molar-refractivity contribution in [1.29, 1.82) is 0 Å². The molecule has 21 heavy (non-hydrogen) atoms. The lowest BCUT2D eigenvalue weighted by molar-refractivity contribution is 0.221. The molecule has 2 aliphatic rings. The highest BCUT2D eigenvalue weighted by Crippen LogP contribution is 2.33. The van der Waals surface area contributed by atoms with E-state index < -0.39 is 8.72 Å². The maximum Gasteiger partial charge on any atom is 0.369 e. The zero-order valence-corrected chi connectivity index (χ0v) is 15.4. The SMILES string of the molecule is CCN[Si](NCC)(NCC)N(C1CCCC1)C1CCCC1. The van der Waals surface area contributed by atoms with Crippen LogP contribution in [-0.4, -0.2) is 45.0 Å². The molecular formula is C16H36N4Si. The van der Waals surface area contributed by atoms with E-state index in [9.17, 15) is 0 Å². The Labute approximate surface area is 132 Å². The second-order valence-corrected chi connectivity index (χ2v) is 9.58. The fourth-order valence-electron chi connectivity index (χ4n) is 4.44. The summed E-state index contributed by atoms with van der Waals surface area (Å²) in [6.07, 6.45) is 11.3. The summed E-state index contributed by atoms with van der Waals surface area (Å²) in [5, 5.41) is 0. The van der Waals surface area contributed by atoms with Gasteiger partial charge in [-0.15, -0.1) is 0 Å². The molecule has 0 bridgehead atoms. The molecule has 0 atom stereocenters. The molecule has 0 unspecified atom stereocenters. The van der Waals surface area contributed by atoms with Gasteiger partial charge in [-0.3, -0.25) is 4.57 Å². The van der Waals surface area contributed by atoms with Gasteiger partial charge in [0.15, 0.2) is 0 Å². The summed E-state index contributed by atoms with van der Waals surface area (Å²) in [5.41, 5.74) is 0. The lowest BCUT2D eigenvalue weighted by atomic mass is 10.2. The van der Waals surface area contributed by atoms with Crippen molar-refractivity contribution in [2.24, 2.45) is 0 Å². The molecule has 4 nitrogen and oxygen atoms in total. The van der Waals surface area contributed by atoms with Gasteiger partial charge in [-0.2, -0.15) is 0 Å². The molecule has 0 aromatic heterocycles. The Hall–Kier alpha value is 0.0569. The highest BCUT2D eigenvalue weighted by atomic mass is 28.4. The van der Waals surface area contributed by atoms with Gasteiger partial charge in [0, 0.05) is 12.1 Å². The van der Waals surface area contributed by atoms with Crippen LogP contribution in [-0.2, 0) is 0 Å². The van der Waals surface area contributed by atoms with Gasteiger partial charge in [0.25, 0.3) is 0 Å². The number of nitrogens with zero attached hydrogens (tertiary/aromatic N) is 1. The van der Waals surface area contributed by atoms with E-state index in [0.717, 1.165) is 31.7 Å². The standard InChI is InChI=1S/C16H36N4Si/c1-4-17-21(18-5-2,19-6-3)20(15-11-7-8-12-15)16-13-9-10-14-16/h15-19H,4-14H2,1-3H3. The highest BCUT2D eigenvalue weighted by Gasteiger charge is 2.47. The Morgan fingerprint density at radius 3 is 1.33 bits per heavy atom. The van der Waals surface area contributed by atoms with Crippen molar-refractivity contribution >= 4 is 8.72 Å². The van der Waals surface area contributed by atoms with Crippen LogP contribution in [0.5, 0.6) is 0 Å². The summed E-state index contributed by atoms with van der Waals surface area (Å²) in [5.74, 6) is 0. The summed E-state index contributed by atoms with van der Waals surface area (Å²) in [4.78, 5) is 11.7. The van der Waals surface area contributed by atoms with E-state index in [-0.39, 0.29) is 0 Å². The van der Waals surface area contributed by atoms with Crippen LogP contribution in [0.15, 0.2) is 0 Å². The van der Waals surface area contributed by atoms with Gasteiger partial charge < -0.3 is 14.9 Å². The minimum Gasteiger partial charge on any atom is -0.301 e. The minimum absolute atomic E-state index is 0.789. The zero-order valence-electron chi connectivity index (χ0n) is 14.4. The van der Waals surface area contributed by atoms with Crippen molar-refractivity contribution in [3.8, 4) is 0 Å². The highest BCUT2D eigenvalue weighted by molar-refractivity contribution is 6.70. The summed E-state index contributed by atoms with van der Waals surface area (Å²) in [7, 11) is -1.97. The van der Waals surface area contributed by atoms with Crippen molar-refractivity contribution < 1.29 is 0 Å². The van der Waals surface area contributed by atoms with Gasteiger partial charge in [-0.25, -0.2) is 0 Å². The molecule has 2 saturated carbocycles. The van der Waals surface area contributed by atoms with Gasteiger partial charge in [-0.05, 0) is 45.3 Å². The van der Waals surface area contributed by atoms with Crippen LogP contribution < -0.4 is 14.9 Å². The summed E-state index contributed by atoms with van der Waals surface area (Å²) in [6, 6.07) is 1.58. The quantitative estimate of drug-likeness (QED) is 0.572. The summed E-state index contributed by atoms with van der Waals surface area (Å²) >= 11 is 0. The van der Waals surface area contributed by atoms with Crippen LogP contribution in [0.2, 0.25) is 0 Å². The Balaban J connectivity index is 2.26. The monoisotopic (exact) mass is 312 g/mol. The Morgan fingerprint density at radius 2 is 1.05 bits per heavy atom. The number of hydrogen-bond acceptors (Lipinski definition) is 4. The molecular weight excluding hydrogens is 276 g/mol. The molecule has 0 saturated heterocycles. The molecule has 0 aliphatic heterocycles. The Bertz CT molecular complexity index is 255. The average molecular weight is 313 g/mol. The third-order valence-corrected chi connectivity index (χ3v) is 9.22. The van der Waals surface area contributed by atoms with Gasteiger partial charge in [0.1, 0.15) is 0 Å². The molecule has 0 aromatic carbocycles. The molecule has 2 rings (SSSR count). The summed E-state index contributed by atoms with van der Waals surface area (Å²) < 4.78 is 2.93. The zero-order chi connectivity index (χ0) is 15.1. The maximum absolute atomic E-state index is 3.89. The van der Waals surface area contributed by atoms with Crippen LogP contribution in [0, 0.1) is 0 Å². The second kappa shape index (κ2) is 8.63.